The van der Waals surface area contributed by atoms with Crippen molar-refractivity contribution in [3.8, 4) is 17.0 Å². The van der Waals surface area contributed by atoms with Crippen LogP contribution in [0, 0.1) is 12.7 Å². The number of rotatable bonds is 7. The molecule has 1 aliphatic heterocycles. The van der Waals surface area contributed by atoms with Crippen LogP contribution in [0.3, 0.4) is 0 Å². The molecule has 0 bridgehead atoms. The second-order valence-electron chi connectivity index (χ2n) is 8.27. The van der Waals surface area contributed by atoms with Gasteiger partial charge in [-0.15, -0.1) is 0 Å². The van der Waals surface area contributed by atoms with E-state index >= 15 is 0 Å². The number of anilines is 1. The minimum atomic E-state index is -4.00. The Morgan fingerprint density at radius 2 is 1.91 bits per heavy atom. The molecule has 2 aromatic heterocycles. The molecular formula is C26H23FN4O3S. The van der Waals surface area contributed by atoms with Gasteiger partial charge in [-0.2, -0.15) is 4.72 Å². The van der Waals surface area contributed by atoms with E-state index in [1.165, 1.54) is 12.1 Å². The number of nitrogens with zero attached hydrogens (tertiary/aromatic N) is 2. The lowest BCUT2D eigenvalue weighted by Crippen LogP contribution is -2.30. The van der Waals surface area contributed by atoms with E-state index in [2.05, 4.69) is 20.0 Å². The van der Waals surface area contributed by atoms with Crippen molar-refractivity contribution in [1.29, 1.82) is 0 Å². The van der Waals surface area contributed by atoms with E-state index in [0.29, 0.717) is 17.7 Å². The quantitative estimate of drug-likeness (QED) is 0.393. The number of nitrogens with one attached hydrogen (secondary N) is 2. The number of sulfonamides is 1. The summed E-state index contributed by atoms with van der Waals surface area (Å²) in [6, 6.07) is 18.9. The summed E-state index contributed by atoms with van der Waals surface area (Å²) in [4.78, 5) is 8.74. The van der Waals surface area contributed by atoms with Gasteiger partial charge in [-0.1, -0.05) is 36.4 Å². The smallest absolute Gasteiger partial charge is 0.244 e. The van der Waals surface area contributed by atoms with Crippen LogP contribution in [0.4, 0.5) is 10.2 Å². The lowest BCUT2D eigenvalue weighted by Gasteiger charge is -2.16. The van der Waals surface area contributed by atoms with E-state index in [1.54, 1.807) is 31.5 Å². The molecule has 4 aromatic rings. The van der Waals surface area contributed by atoms with E-state index in [9.17, 15) is 12.8 Å². The van der Waals surface area contributed by atoms with Crippen LogP contribution in [-0.2, 0) is 16.6 Å². The standard InChI is InChI=1S/C26H23FN4O3S/c1-17-12-24(35(32,33)31-23-16-34-25-20(23)8-5-9-21(25)27)26(29-14-17)30-15-18-6-4-7-19(13-18)22-10-2-3-11-28-22/h2-14,23,31H,15-16H2,1H3,(H,29,30). The Balaban J connectivity index is 1.38. The summed E-state index contributed by atoms with van der Waals surface area (Å²) in [6.07, 6.45) is 3.35. The summed E-state index contributed by atoms with van der Waals surface area (Å²) in [7, 11) is -4.00. The number of hydrogen-bond donors (Lipinski definition) is 2. The second-order valence-corrected chi connectivity index (χ2v) is 9.95. The van der Waals surface area contributed by atoms with Gasteiger partial charge in [0.25, 0.3) is 0 Å². The highest BCUT2D eigenvalue weighted by Crippen LogP contribution is 2.35. The molecule has 0 spiro atoms. The van der Waals surface area contributed by atoms with Crippen molar-refractivity contribution in [3.63, 3.8) is 0 Å². The average molecular weight is 491 g/mol. The normalized spacial score (nSPS) is 14.9. The van der Waals surface area contributed by atoms with Crippen molar-refractivity contribution >= 4 is 15.8 Å². The molecule has 9 heteroatoms. The minimum Gasteiger partial charge on any atom is -0.488 e. The molecule has 0 radical (unpaired) electrons. The molecule has 0 aliphatic carbocycles. The maximum atomic E-state index is 14.0. The molecule has 0 amide bonds. The molecule has 2 N–H and O–H groups in total. The van der Waals surface area contributed by atoms with Crippen molar-refractivity contribution in [1.82, 2.24) is 14.7 Å². The molecule has 0 saturated heterocycles. The van der Waals surface area contributed by atoms with Gasteiger partial charge in [-0.05, 0) is 48.4 Å². The summed E-state index contributed by atoms with van der Waals surface area (Å²) < 4.78 is 48.8. The highest BCUT2D eigenvalue weighted by Gasteiger charge is 2.32. The number of aryl methyl sites for hydroxylation is 1. The first kappa shape index (κ1) is 22.9. The molecule has 0 fully saturated rings. The van der Waals surface area contributed by atoms with Gasteiger partial charge in [0.1, 0.15) is 17.3 Å². The predicted octanol–water partition coefficient (Wildman–Crippen LogP) is 4.62. The minimum absolute atomic E-state index is 0.0117. The summed E-state index contributed by atoms with van der Waals surface area (Å²) in [5.74, 6) is -0.213. The third-order valence-corrected chi connectivity index (χ3v) is 7.18. The predicted molar refractivity (Wildman–Crippen MR) is 131 cm³/mol. The van der Waals surface area contributed by atoms with E-state index < -0.39 is 21.9 Å². The molecule has 3 heterocycles. The maximum Gasteiger partial charge on any atom is 0.244 e. The Kier molecular flexibility index (Phi) is 6.19. The number of ether oxygens (including phenoxy) is 1. The molecule has 1 atom stereocenters. The van der Waals surface area contributed by atoms with Crippen LogP contribution in [0.15, 0.2) is 84.0 Å². The van der Waals surface area contributed by atoms with Gasteiger partial charge in [0.05, 0.1) is 11.7 Å². The van der Waals surface area contributed by atoms with Crippen LogP contribution in [0.1, 0.15) is 22.7 Å². The van der Waals surface area contributed by atoms with Crippen molar-refractivity contribution < 1.29 is 17.5 Å². The molecule has 1 unspecified atom stereocenters. The zero-order valence-corrected chi connectivity index (χ0v) is 19.7. The van der Waals surface area contributed by atoms with Crippen LogP contribution < -0.4 is 14.8 Å². The summed E-state index contributed by atoms with van der Waals surface area (Å²) >= 11 is 0. The number of aromatic nitrogens is 2. The Morgan fingerprint density at radius 1 is 1.06 bits per heavy atom. The number of halogens is 1. The topological polar surface area (TPSA) is 93.2 Å². The van der Waals surface area contributed by atoms with Crippen molar-refractivity contribution in [2.24, 2.45) is 0 Å². The van der Waals surface area contributed by atoms with E-state index in [0.717, 1.165) is 16.8 Å². The Morgan fingerprint density at radius 3 is 2.74 bits per heavy atom. The van der Waals surface area contributed by atoms with Gasteiger partial charge >= 0.3 is 0 Å². The first-order valence-electron chi connectivity index (χ1n) is 11.0. The Hall–Kier alpha value is -3.82. The summed E-state index contributed by atoms with van der Waals surface area (Å²) in [5.41, 5.74) is 3.92. The van der Waals surface area contributed by atoms with Crippen molar-refractivity contribution in [3.05, 3.63) is 102 Å². The average Bonchev–Trinajstić information content (AvgIpc) is 3.27. The molecule has 2 aromatic carbocycles. The monoisotopic (exact) mass is 490 g/mol. The second kappa shape index (κ2) is 9.44. The van der Waals surface area contributed by atoms with Crippen molar-refractivity contribution in [2.75, 3.05) is 11.9 Å². The maximum absolute atomic E-state index is 14.0. The molecule has 1 aliphatic rings. The van der Waals surface area contributed by atoms with Gasteiger partial charge in [0.15, 0.2) is 11.6 Å². The largest absolute Gasteiger partial charge is 0.488 e. The Labute approximate surface area is 203 Å². The van der Waals surface area contributed by atoms with E-state index in [1.807, 2.05) is 42.5 Å². The highest BCUT2D eigenvalue weighted by molar-refractivity contribution is 7.89. The first-order chi connectivity index (χ1) is 16.9. The van der Waals surface area contributed by atoms with Crippen molar-refractivity contribution in [2.45, 2.75) is 24.4 Å². The van der Waals surface area contributed by atoms with E-state index in [-0.39, 0.29) is 23.1 Å². The zero-order chi connectivity index (χ0) is 24.4. The van der Waals surface area contributed by atoms with Gasteiger partial charge in [0.2, 0.25) is 10.0 Å². The summed E-state index contributed by atoms with van der Waals surface area (Å²) in [5, 5.41) is 3.15. The number of hydrogen-bond acceptors (Lipinski definition) is 6. The van der Waals surface area contributed by atoms with Crippen LogP contribution in [0.25, 0.3) is 11.3 Å². The van der Waals surface area contributed by atoms with Crippen LogP contribution >= 0.6 is 0 Å². The van der Waals surface area contributed by atoms with Gasteiger partial charge < -0.3 is 10.1 Å². The zero-order valence-electron chi connectivity index (χ0n) is 18.9. The van der Waals surface area contributed by atoms with Crippen LogP contribution in [-0.4, -0.2) is 25.0 Å². The van der Waals surface area contributed by atoms with Gasteiger partial charge in [-0.3, -0.25) is 4.98 Å². The van der Waals surface area contributed by atoms with Crippen LogP contribution in [0.5, 0.6) is 5.75 Å². The third kappa shape index (κ3) is 4.87. The van der Waals surface area contributed by atoms with E-state index in [4.69, 9.17) is 4.74 Å². The fraction of sp³-hybridized carbons (Fsp3) is 0.154. The van der Waals surface area contributed by atoms with Gasteiger partial charge in [-0.25, -0.2) is 17.8 Å². The fourth-order valence-corrected chi connectivity index (χ4v) is 5.41. The molecular weight excluding hydrogens is 467 g/mol. The third-order valence-electron chi connectivity index (χ3n) is 5.69. The number of pyridine rings is 2. The fourth-order valence-electron chi connectivity index (χ4n) is 4.00. The molecule has 35 heavy (non-hydrogen) atoms. The molecule has 7 nitrogen and oxygen atoms in total. The SMILES string of the molecule is Cc1cnc(NCc2cccc(-c3ccccn3)c2)c(S(=O)(=O)NC2COc3c(F)cccc32)c1. The summed E-state index contributed by atoms with van der Waals surface area (Å²) in [6.45, 7) is 2.15. The lowest BCUT2D eigenvalue weighted by atomic mass is 10.1. The number of para-hydroxylation sites is 1. The number of benzene rings is 2. The number of fused-ring (bicyclic) bond motifs is 1. The molecule has 0 saturated carbocycles. The first-order valence-corrected chi connectivity index (χ1v) is 12.5. The van der Waals surface area contributed by atoms with Gasteiger partial charge in [0, 0.05) is 30.1 Å². The Bertz CT molecular complexity index is 1480. The molecule has 178 valence electrons. The molecule has 5 rings (SSSR count). The lowest BCUT2D eigenvalue weighted by molar-refractivity contribution is 0.312. The highest BCUT2D eigenvalue weighted by atomic mass is 32.2. The van der Waals surface area contributed by atoms with Crippen LogP contribution in [0.2, 0.25) is 0 Å².